The molecule has 0 bridgehead atoms. The van der Waals surface area contributed by atoms with Gasteiger partial charge in [0, 0.05) is 6.54 Å². The molecule has 0 aliphatic rings. The Balaban J connectivity index is 2.09. The number of aromatic nitrogens is 2. The summed E-state index contributed by atoms with van der Waals surface area (Å²) in [5.41, 5.74) is 0.865. The molecule has 2 aromatic carbocycles. The summed E-state index contributed by atoms with van der Waals surface area (Å²) in [6, 6.07) is 15.7. The average Bonchev–Trinajstić information content (AvgIpc) is 2.50. The van der Waals surface area contributed by atoms with Crippen LogP contribution in [0, 0.1) is 3.57 Å². The SMILES string of the molecule is CCNc1nc(Oc2ccccc2I)c2ccccc2n1. The van der Waals surface area contributed by atoms with Gasteiger partial charge < -0.3 is 10.1 Å². The molecule has 0 fully saturated rings. The molecule has 0 atom stereocenters. The third-order valence-electron chi connectivity index (χ3n) is 2.95. The summed E-state index contributed by atoms with van der Waals surface area (Å²) in [4.78, 5) is 8.96. The van der Waals surface area contributed by atoms with Crippen LogP contribution in [0.15, 0.2) is 48.5 Å². The number of rotatable bonds is 4. The van der Waals surface area contributed by atoms with E-state index in [4.69, 9.17) is 4.74 Å². The molecular formula is C16H14IN3O. The van der Waals surface area contributed by atoms with Gasteiger partial charge in [-0.25, -0.2) is 4.98 Å². The van der Waals surface area contributed by atoms with Crippen molar-refractivity contribution >= 4 is 39.4 Å². The number of benzene rings is 2. The molecule has 3 aromatic rings. The van der Waals surface area contributed by atoms with E-state index >= 15 is 0 Å². The Bertz CT molecular complexity index is 776. The lowest BCUT2D eigenvalue weighted by atomic mass is 10.2. The van der Waals surface area contributed by atoms with E-state index in [0.29, 0.717) is 11.8 Å². The summed E-state index contributed by atoms with van der Waals surface area (Å²) in [7, 11) is 0. The van der Waals surface area contributed by atoms with E-state index in [1.165, 1.54) is 0 Å². The first-order valence-corrected chi connectivity index (χ1v) is 7.79. The van der Waals surface area contributed by atoms with Crippen molar-refractivity contribution in [3.63, 3.8) is 0 Å². The molecule has 4 nitrogen and oxygen atoms in total. The highest BCUT2D eigenvalue weighted by molar-refractivity contribution is 14.1. The molecule has 21 heavy (non-hydrogen) atoms. The third kappa shape index (κ3) is 3.07. The second kappa shape index (κ2) is 6.26. The summed E-state index contributed by atoms with van der Waals surface area (Å²) in [5, 5.41) is 4.04. The molecule has 0 spiro atoms. The normalized spacial score (nSPS) is 10.6. The van der Waals surface area contributed by atoms with E-state index in [2.05, 4.69) is 37.9 Å². The van der Waals surface area contributed by atoms with Gasteiger partial charge in [-0.3, -0.25) is 0 Å². The topological polar surface area (TPSA) is 47.0 Å². The van der Waals surface area contributed by atoms with Crippen molar-refractivity contribution in [2.24, 2.45) is 0 Å². The van der Waals surface area contributed by atoms with Crippen molar-refractivity contribution in [3.05, 3.63) is 52.1 Å². The predicted molar refractivity (Wildman–Crippen MR) is 92.9 cm³/mol. The molecule has 0 amide bonds. The maximum absolute atomic E-state index is 6.01. The fourth-order valence-corrected chi connectivity index (χ4v) is 2.49. The quantitative estimate of drug-likeness (QED) is 0.668. The lowest BCUT2D eigenvalue weighted by Crippen LogP contribution is -2.03. The van der Waals surface area contributed by atoms with Gasteiger partial charge in [-0.1, -0.05) is 24.3 Å². The van der Waals surface area contributed by atoms with Gasteiger partial charge in [-0.15, -0.1) is 0 Å². The lowest BCUT2D eigenvalue weighted by Gasteiger charge is -2.11. The van der Waals surface area contributed by atoms with Crippen molar-refractivity contribution in [1.29, 1.82) is 0 Å². The van der Waals surface area contributed by atoms with Crippen molar-refractivity contribution in [2.45, 2.75) is 6.92 Å². The molecule has 0 aliphatic carbocycles. The molecule has 1 heterocycles. The highest BCUT2D eigenvalue weighted by Crippen LogP contribution is 2.30. The van der Waals surface area contributed by atoms with Crippen LogP contribution in [0.4, 0.5) is 5.95 Å². The predicted octanol–water partition coefficient (Wildman–Crippen LogP) is 4.46. The number of anilines is 1. The van der Waals surface area contributed by atoms with E-state index in [1.54, 1.807) is 0 Å². The van der Waals surface area contributed by atoms with Crippen LogP contribution in [0.2, 0.25) is 0 Å². The molecule has 0 saturated carbocycles. The van der Waals surface area contributed by atoms with Crippen LogP contribution < -0.4 is 10.1 Å². The van der Waals surface area contributed by atoms with Gasteiger partial charge in [-0.2, -0.15) is 4.98 Å². The zero-order chi connectivity index (χ0) is 14.7. The Kier molecular flexibility index (Phi) is 4.19. The fourth-order valence-electron chi connectivity index (χ4n) is 1.99. The Morgan fingerprint density at radius 2 is 1.81 bits per heavy atom. The minimum absolute atomic E-state index is 0.570. The molecule has 106 valence electrons. The lowest BCUT2D eigenvalue weighted by molar-refractivity contribution is 0.466. The van der Waals surface area contributed by atoms with Crippen LogP contribution in [0.25, 0.3) is 10.9 Å². The smallest absolute Gasteiger partial charge is 0.232 e. The number of ether oxygens (including phenoxy) is 1. The second-order valence-electron chi connectivity index (χ2n) is 4.43. The van der Waals surface area contributed by atoms with Crippen LogP contribution in [0.3, 0.4) is 0 Å². The Morgan fingerprint density at radius 1 is 1.05 bits per heavy atom. The van der Waals surface area contributed by atoms with Gasteiger partial charge in [0.15, 0.2) is 0 Å². The van der Waals surface area contributed by atoms with Crippen LogP contribution in [-0.2, 0) is 0 Å². The van der Waals surface area contributed by atoms with E-state index in [1.807, 2.05) is 55.5 Å². The number of fused-ring (bicyclic) bond motifs is 1. The summed E-state index contributed by atoms with van der Waals surface area (Å²) in [5.74, 6) is 1.95. The van der Waals surface area contributed by atoms with Gasteiger partial charge in [0.2, 0.25) is 11.8 Å². The molecule has 1 N–H and O–H groups in total. The monoisotopic (exact) mass is 391 g/mol. The summed E-state index contributed by atoms with van der Waals surface area (Å²) < 4.78 is 7.06. The minimum atomic E-state index is 0.570. The number of hydrogen-bond donors (Lipinski definition) is 1. The van der Waals surface area contributed by atoms with Gasteiger partial charge in [-0.05, 0) is 53.8 Å². The van der Waals surface area contributed by atoms with Crippen molar-refractivity contribution in [2.75, 3.05) is 11.9 Å². The number of nitrogens with one attached hydrogen (secondary N) is 1. The van der Waals surface area contributed by atoms with E-state index in [-0.39, 0.29) is 0 Å². The van der Waals surface area contributed by atoms with E-state index < -0.39 is 0 Å². The number of nitrogens with zero attached hydrogens (tertiary/aromatic N) is 2. The van der Waals surface area contributed by atoms with Crippen LogP contribution >= 0.6 is 22.6 Å². The third-order valence-corrected chi connectivity index (χ3v) is 3.84. The Morgan fingerprint density at radius 3 is 2.62 bits per heavy atom. The highest BCUT2D eigenvalue weighted by Gasteiger charge is 2.10. The summed E-state index contributed by atoms with van der Waals surface area (Å²) in [6.07, 6.45) is 0. The van der Waals surface area contributed by atoms with Gasteiger partial charge in [0.05, 0.1) is 14.5 Å². The zero-order valence-electron chi connectivity index (χ0n) is 11.5. The Labute approximate surface area is 136 Å². The molecule has 5 heteroatoms. The maximum atomic E-state index is 6.01. The van der Waals surface area contributed by atoms with Crippen LogP contribution in [-0.4, -0.2) is 16.5 Å². The van der Waals surface area contributed by atoms with E-state index in [9.17, 15) is 0 Å². The standard InChI is InChI=1S/C16H14IN3O/c1-2-18-16-19-13-9-5-3-7-11(13)15(20-16)21-14-10-6-4-8-12(14)17/h3-10H,2H2,1H3,(H,18,19,20). The molecule has 0 radical (unpaired) electrons. The average molecular weight is 391 g/mol. The van der Waals surface area contributed by atoms with E-state index in [0.717, 1.165) is 26.8 Å². The fraction of sp³-hybridized carbons (Fsp3) is 0.125. The first-order valence-electron chi connectivity index (χ1n) is 6.71. The number of halogens is 1. The summed E-state index contributed by atoms with van der Waals surface area (Å²) >= 11 is 2.25. The van der Waals surface area contributed by atoms with Gasteiger partial charge in [0.25, 0.3) is 0 Å². The first kappa shape index (κ1) is 14.1. The molecule has 0 aliphatic heterocycles. The summed E-state index contributed by atoms with van der Waals surface area (Å²) in [6.45, 7) is 2.78. The highest BCUT2D eigenvalue weighted by atomic mass is 127. The molecule has 0 saturated heterocycles. The molecule has 0 unspecified atom stereocenters. The van der Waals surface area contributed by atoms with Crippen molar-refractivity contribution in [1.82, 2.24) is 9.97 Å². The second-order valence-corrected chi connectivity index (χ2v) is 5.59. The number of para-hydroxylation sites is 2. The minimum Gasteiger partial charge on any atom is -0.437 e. The maximum Gasteiger partial charge on any atom is 0.232 e. The number of hydrogen-bond acceptors (Lipinski definition) is 4. The van der Waals surface area contributed by atoms with Gasteiger partial charge in [0.1, 0.15) is 5.75 Å². The molecule has 3 rings (SSSR count). The first-order chi connectivity index (χ1) is 10.3. The van der Waals surface area contributed by atoms with Crippen molar-refractivity contribution < 1.29 is 4.74 Å². The molecule has 1 aromatic heterocycles. The zero-order valence-corrected chi connectivity index (χ0v) is 13.7. The van der Waals surface area contributed by atoms with Crippen LogP contribution in [0.1, 0.15) is 6.92 Å². The largest absolute Gasteiger partial charge is 0.437 e. The van der Waals surface area contributed by atoms with Crippen LogP contribution in [0.5, 0.6) is 11.6 Å². The van der Waals surface area contributed by atoms with Gasteiger partial charge >= 0.3 is 0 Å². The Hall–Kier alpha value is -1.89. The molecular weight excluding hydrogens is 377 g/mol. The van der Waals surface area contributed by atoms with Crippen molar-refractivity contribution in [3.8, 4) is 11.6 Å².